The van der Waals surface area contributed by atoms with Gasteiger partial charge in [-0.2, -0.15) is 0 Å². The minimum absolute atomic E-state index is 0.0557. The van der Waals surface area contributed by atoms with Gasteiger partial charge in [0, 0.05) is 12.6 Å². The van der Waals surface area contributed by atoms with Crippen LogP contribution < -0.4 is 5.32 Å². The summed E-state index contributed by atoms with van der Waals surface area (Å²) in [5.41, 5.74) is 0. The van der Waals surface area contributed by atoms with Crippen LogP contribution in [0, 0.1) is 5.92 Å². The Kier molecular flexibility index (Phi) is 5.14. The third-order valence-corrected chi connectivity index (χ3v) is 3.01. The largest absolute Gasteiger partial charge is 0.481 e. The smallest absolute Gasteiger partial charge is 0.326 e. The highest BCUT2D eigenvalue weighted by Crippen LogP contribution is 2.30. The van der Waals surface area contributed by atoms with E-state index >= 15 is 0 Å². The molecule has 0 radical (unpaired) electrons. The van der Waals surface area contributed by atoms with Crippen LogP contribution in [0.2, 0.25) is 0 Å². The molecule has 1 aliphatic rings. The second-order valence-corrected chi connectivity index (χ2v) is 5.13. The number of aliphatic carboxylic acids is 2. The van der Waals surface area contributed by atoms with Crippen molar-refractivity contribution in [2.24, 2.45) is 5.92 Å². The second-order valence-electron chi connectivity index (χ2n) is 5.13. The van der Waals surface area contributed by atoms with Gasteiger partial charge in [-0.05, 0) is 32.6 Å². The average molecular weight is 272 g/mol. The monoisotopic (exact) mass is 272 g/mol. The predicted molar refractivity (Wildman–Crippen MR) is 66.8 cm³/mol. The lowest BCUT2D eigenvalue weighted by Crippen LogP contribution is -2.51. The Hall–Kier alpha value is -1.79. The first-order valence-electron chi connectivity index (χ1n) is 6.33. The van der Waals surface area contributed by atoms with E-state index in [0.29, 0.717) is 12.5 Å². The number of rotatable bonds is 7. The summed E-state index contributed by atoms with van der Waals surface area (Å²) < 4.78 is 0. The van der Waals surface area contributed by atoms with Crippen LogP contribution in [0.1, 0.15) is 33.1 Å². The fraction of sp³-hybridized carbons (Fsp3) is 0.750. The van der Waals surface area contributed by atoms with Gasteiger partial charge in [-0.25, -0.2) is 9.59 Å². The van der Waals surface area contributed by atoms with Gasteiger partial charge < -0.3 is 20.4 Å². The van der Waals surface area contributed by atoms with Gasteiger partial charge in [-0.3, -0.25) is 4.79 Å². The van der Waals surface area contributed by atoms with Gasteiger partial charge in [0.1, 0.15) is 6.04 Å². The van der Waals surface area contributed by atoms with Crippen LogP contribution in [0.15, 0.2) is 0 Å². The average Bonchev–Trinajstić information content (AvgIpc) is 3.07. The summed E-state index contributed by atoms with van der Waals surface area (Å²) in [6.07, 6.45) is 1.53. The van der Waals surface area contributed by atoms with E-state index < -0.39 is 30.4 Å². The lowest BCUT2D eigenvalue weighted by Gasteiger charge is -2.28. The topological polar surface area (TPSA) is 107 Å². The number of urea groups is 1. The Bertz CT molecular complexity index is 365. The van der Waals surface area contributed by atoms with Gasteiger partial charge in [0.2, 0.25) is 0 Å². The molecule has 0 spiro atoms. The molecule has 1 atom stereocenters. The molecule has 1 aliphatic carbocycles. The molecule has 2 amide bonds. The number of amides is 2. The van der Waals surface area contributed by atoms with Crippen molar-refractivity contribution in [3.8, 4) is 0 Å². The molecular formula is C12H20N2O5. The van der Waals surface area contributed by atoms with Crippen LogP contribution in [-0.4, -0.2) is 51.7 Å². The summed E-state index contributed by atoms with van der Waals surface area (Å²) in [4.78, 5) is 35.0. The van der Waals surface area contributed by atoms with Gasteiger partial charge in [-0.1, -0.05) is 0 Å². The Labute approximate surface area is 111 Å². The van der Waals surface area contributed by atoms with Crippen molar-refractivity contribution in [3.63, 3.8) is 0 Å². The van der Waals surface area contributed by atoms with E-state index in [9.17, 15) is 14.4 Å². The predicted octanol–water partition coefficient (Wildman–Crippen LogP) is 0.744. The Morgan fingerprint density at radius 3 is 2.21 bits per heavy atom. The number of carboxylic acid groups (broad SMARTS) is 2. The molecule has 7 heteroatoms. The van der Waals surface area contributed by atoms with Crippen LogP contribution in [0.4, 0.5) is 4.79 Å². The maximum absolute atomic E-state index is 12.0. The van der Waals surface area contributed by atoms with Crippen LogP contribution in [0.5, 0.6) is 0 Å². The highest BCUT2D eigenvalue weighted by Gasteiger charge is 2.31. The third-order valence-electron chi connectivity index (χ3n) is 3.01. The third kappa shape index (κ3) is 5.15. The van der Waals surface area contributed by atoms with Crippen molar-refractivity contribution in [1.82, 2.24) is 10.2 Å². The fourth-order valence-corrected chi connectivity index (χ4v) is 1.71. The zero-order valence-corrected chi connectivity index (χ0v) is 11.1. The summed E-state index contributed by atoms with van der Waals surface area (Å²) in [5.74, 6) is -2.12. The Balaban J connectivity index is 2.61. The normalized spacial score (nSPS) is 15.9. The van der Waals surface area contributed by atoms with E-state index in [2.05, 4.69) is 5.32 Å². The molecule has 108 valence electrons. The first-order valence-corrected chi connectivity index (χ1v) is 6.33. The zero-order valence-electron chi connectivity index (χ0n) is 11.1. The molecule has 0 aliphatic heterocycles. The number of nitrogens with one attached hydrogen (secondary N) is 1. The molecule has 0 bridgehead atoms. The SMILES string of the molecule is CC(C)N(CC1CC1)C(=O)NC(CC(=O)O)C(=O)O. The summed E-state index contributed by atoms with van der Waals surface area (Å²) in [5, 5.41) is 19.8. The Morgan fingerprint density at radius 2 is 1.84 bits per heavy atom. The maximum Gasteiger partial charge on any atom is 0.326 e. The molecule has 3 N–H and O–H groups in total. The molecule has 0 saturated heterocycles. The maximum atomic E-state index is 12.0. The number of hydrogen-bond acceptors (Lipinski definition) is 3. The number of nitrogens with zero attached hydrogens (tertiary/aromatic N) is 1. The van der Waals surface area contributed by atoms with Gasteiger partial charge in [-0.15, -0.1) is 0 Å². The molecule has 0 heterocycles. The molecule has 7 nitrogen and oxygen atoms in total. The van der Waals surface area contributed by atoms with Crippen LogP contribution in [0.3, 0.4) is 0 Å². The van der Waals surface area contributed by atoms with Crippen molar-refractivity contribution in [1.29, 1.82) is 0 Å². The summed E-state index contributed by atoms with van der Waals surface area (Å²) in [7, 11) is 0. The highest BCUT2D eigenvalue weighted by atomic mass is 16.4. The summed E-state index contributed by atoms with van der Waals surface area (Å²) in [6, 6.07) is -1.97. The quantitative estimate of drug-likeness (QED) is 0.633. The molecule has 1 unspecified atom stereocenters. The van der Waals surface area contributed by atoms with Crippen molar-refractivity contribution in [2.75, 3.05) is 6.54 Å². The number of hydrogen-bond donors (Lipinski definition) is 3. The zero-order chi connectivity index (χ0) is 14.6. The molecular weight excluding hydrogens is 252 g/mol. The first kappa shape index (κ1) is 15.3. The van der Waals surface area contributed by atoms with Crippen molar-refractivity contribution in [3.05, 3.63) is 0 Å². The lowest BCUT2D eigenvalue weighted by molar-refractivity contribution is -0.145. The van der Waals surface area contributed by atoms with E-state index in [1.807, 2.05) is 13.8 Å². The standard InChI is InChI=1S/C12H20N2O5/c1-7(2)14(6-8-3-4-8)12(19)13-9(11(17)18)5-10(15)16/h7-9H,3-6H2,1-2H3,(H,13,19)(H,15,16)(H,17,18). The van der Waals surface area contributed by atoms with Crippen molar-refractivity contribution in [2.45, 2.75) is 45.2 Å². The molecule has 0 aromatic heterocycles. The number of carbonyl (C=O) groups is 3. The molecule has 1 rings (SSSR count). The van der Waals surface area contributed by atoms with E-state index in [1.54, 1.807) is 4.90 Å². The second kappa shape index (κ2) is 6.40. The van der Waals surface area contributed by atoms with E-state index in [1.165, 1.54) is 0 Å². The van der Waals surface area contributed by atoms with E-state index in [0.717, 1.165) is 12.8 Å². The van der Waals surface area contributed by atoms with Gasteiger partial charge in [0.15, 0.2) is 0 Å². The minimum atomic E-state index is -1.40. The summed E-state index contributed by atoms with van der Waals surface area (Å²) >= 11 is 0. The minimum Gasteiger partial charge on any atom is -0.481 e. The van der Waals surface area contributed by atoms with Crippen LogP contribution in [-0.2, 0) is 9.59 Å². The van der Waals surface area contributed by atoms with Crippen LogP contribution in [0.25, 0.3) is 0 Å². The molecule has 0 aromatic carbocycles. The molecule has 0 aromatic rings. The van der Waals surface area contributed by atoms with E-state index in [-0.39, 0.29) is 6.04 Å². The highest BCUT2D eigenvalue weighted by molar-refractivity contribution is 5.86. The Morgan fingerprint density at radius 1 is 1.26 bits per heavy atom. The molecule has 19 heavy (non-hydrogen) atoms. The van der Waals surface area contributed by atoms with Gasteiger partial charge in [0.05, 0.1) is 6.42 Å². The number of carbonyl (C=O) groups excluding carboxylic acids is 1. The van der Waals surface area contributed by atoms with Gasteiger partial charge in [0.25, 0.3) is 0 Å². The van der Waals surface area contributed by atoms with Crippen molar-refractivity contribution < 1.29 is 24.6 Å². The number of carboxylic acids is 2. The van der Waals surface area contributed by atoms with Gasteiger partial charge >= 0.3 is 18.0 Å². The molecule has 1 saturated carbocycles. The first-order chi connectivity index (χ1) is 8.81. The lowest BCUT2D eigenvalue weighted by atomic mass is 10.2. The van der Waals surface area contributed by atoms with Crippen molar-refractivity contribution >= 4 is 18.0 Å². The molecule has 1 fully saturated rings. The summed E-state index contributed by atoms with van der Waals surface area (Å²) in [6.45, 7) is 4.27. The van der Waals surface area contributed by atoms with Crippen LogP contribution >= 0.6 is 0 Å². The van der Waals surface area contributed by atoms with E-state index in [4.69, 9.17) is 10.2 Å². The fourth-order valence-electron chi connectivity index (χ4n) is 1.71.